The number of benzene rings is 4. The highest BCUT2D eigenvalue weighted by molar-refractivity contribution is 6.31. The molecule has 1 atom stereocenters. The highest BCUT2D eigenvalue weighted by atomic mass is 35.5. The fourth-order valence-electron chi connectivity index (χ4n) is 4.33. The Morgan fingerprint density at radius 3 is 1.50 bits per heavy atom. The predicted molar refractivity (Wildman–Crippen MR) is 139 cm³/mol. The Morgan fingerprint density at radius 2 is 1.00 bits per heavy atom. The molecule has 34 heavy (non-hydrogen) atoms. The van der Waals surface area contributed by atoms with E-state index in [4.69, 9.17) is 11.6 Å². The summed E-state index contributed by atoms with van der Waals surface area (Å²) in [6.45, 7) is 0.368. The number of rotatable bonds is 6. The second kappa shape index (κ2) is 10.0. The molecule has 0 aliphatic heterocycles. The Bertz CT molecular complexity index is 1320. The normalized spacial score (nSPS) is 11.8. The lowest BCUT2D eigenvalue weighted by molar-refractivity contribution is -0.683. The van der Waals surface area contributed by atoms with Crippen LogP contribution in [-0.4, -0.2) is 5.11 Å². The van der Waals surface area contributed by atoms with E-state index in [0.29, 0.717) is 11.6 Å². The van der Waals surface area contributed by atoms with Gasteiger partial charge in [-0.25, -0.2) is 0 Å². The van der Waals surface area contributed by atoms with Crippen molar-refractivity contribution in [2.24, 2.45) is 0 Å². The van der Waals surface area contributed by atoms with E-state index in [2.05, 4.69) is 65.2 Å². The van der Waals surface area contributed by atoms with Crippen molar-refractivity contribution in [3.8, 4) is 33.6 Å². The first-order valence-electron chi connectivity index (χ1n) is 11.4. The Labute approximate surface area is 205 Å². The van der Waals surface area contributed by atoms with Crippen molar-refractivity contribution < 1.29 is 9.67 Å². The maximum Gasteiger partial charge on any atom is 0.213 e. The van der Waals surface area contributed by atoms with Crippen LogP contribution in [0.4, 0.5) is 0 Å². The molecule has 1 heterocycles. The van der Waals surface area contributed by atoms with Crippen LogP contribution in [0, 0.1) is 0 Å². The molecule has 1 N–H and O–H groups in total. The Kier molecular flexibility index (Phi) is 6.53. The summed E-state index contributed by atoms with van der Waals surface area (Å²) >= 11 is 6.43. The lowest BCUT2D eigenvalue weighted by atomic mass is 9.98. The zero-order valence-corrected chi connectivity index (χ0v) is 19.4. The van der Waals surface area contributed by atoms with Gasteiger partial charge in [-0.3, -0.25) is 0 Å². The zero-order chi connectivity index (χ0) is 23.3. The molecule has 5 rings (SSSR count). The van der Waals surface area contributed by atoms with Gasteiger partial charge in [0.25, 0.3) is 0 Å². The minimum atomic E-state index is -0.758. The van der Waals surface area contributed by atoms with Gasteiger partial charge in [0.2, 0.25) is 11.4 Å². The summed E-state index contributed by atoms with van der Waals surface area (Å²) in [5.41, 5.74) is 7.24. The molecule has 0 bridgehead atoms. The minimum Gasteiger partial charge on any atom is -0.382 e. The summed E-state index contributed by atoms with van der Waals surface area (Å²) in [5.74, 6) is 0. The molecule has 4 aromatic carbocycles. The van der Waals surface area contributed by atoms with E-state index in [-0.39, 0.29) is 0 Å². The van der Waals surface area contributed by atoms with Crippen molar-refractivity contribution in [1.29, 1.82) is 0 Å². The average Bonchev–Trinajstić information content (AvgIpc) is 2.90. The molecule has 0 radical (unpaired) electrons. The van der Waals surface area contributed by atoms with Gasteiger partial charge in [0.1, 0.15) is 6.10 Å². The van der Waals surface area contributed by atoms with Crippen LogP contribution in [0.25, 0.3) is 33.6 Å². The monoisotopic (exact) mass is 462 g/mol. The quantitative estimate of drug-likeness (QED) is 0.262. The minimum absolute atomic E-state index is 0.368. The summed E-state index contributed by atoms with van der Waals surface area (Å²) in [4.78, 5) is 0. The number of halogens is 1. The third kappa shape index (κ3) is 4.65. The molecule has 0 amide bonds. The highest BCUT2D eigenvalue weighted by Gasteiger charge is 2.26. The molecule has 0 spiro atoms. The fraction of sp³-hybridized carbons (Fsp3) is 0.0645. The molecule has 1 unspecified atom stereocenters. The largest absolute Gasteiger partial charge is 0.382 e. The number of aromatic nitrogens is 1. The van der Waals surface area contributed by atoms with Crippen molar-refractivity contribution in [3.63, 3.8) is 0 Å². The second-order valence-electron chi connectivity index (χ2n) is 8.26. The summed E-state index contributed by atoms with van der Waals surface area (Å²) in [5, 5.41) is 11.8. The first kappa shape index (κ1) is 22.1. The molecule has 5 aromatic rings. The van der Waals surface area contributed by atoms with Gasteiger partial charge in [-0.15, -0.1) is 0 Å². The van der Waals surface area contributed by atoms with E-state index in [0.717, 1.165) is 39.2 Å². The topological polar surface area (TPSA) is 24.1 Å². The van der Waals surface area contributed by atoms with Crippen molar-refractivity contribution in [2.45, 2.75) is 12.6 Å². The van der Waals surface area contributed by atoms with E-state index in [1.807, 2.05) is 66.7 Å². The third-order valence-electron chi connectivity index (χ3n) is 6.03. The number of hydrogen-bond donors (Lipinski definition) is 1. The molecular weight excluding hydrogens is 438 g/mol. The molecule has 0 aliphatic carbocycles. The van der Waals surface area contributed by atoms with Crippen LogP contribution in [0.3, 0.4) is 0 Å². The third-order valence-corrected chi connectivity index (χ3v) is 6.38. The molecule has 1 aromatic heterocycles. The van der Waals surface area contributed by atoms with Gasteiger partial charge in [0.05, 0.1) is 0 Å². The average molecular weight is 463 g/mol. The number of aliphatic hydroxyl groups is 1. The SMILES string of the molecule is OC(C[n+]1c(-c2ccccc2)cc(-c2ccccc2)cc1-c1ccccc1)c1ccccc1Cl. The van der Waals surface area contributed by atoms with Crippen LogP contribution in [0.1, 0.15) is 11.7 Å². The van der Waals surface area contributed by atoms with E-state index < -0.39 is 6.10 Å². The van der Waals surface area contributed by atoms with Crippen molar-refractivity contribution in [1.82, 2.24) is 0 Å². The Hall–Kier alpha value is -3.72. The molecule has 0 saturated heterocycles. The van der Waals surface area contributed by atoms with E-state index in [9.17, 15) is 5.11 Å². The van der Waals surface area contributed by atoms with E-state index in [1.165, 1.54) is 0 Å². The van der Waals surface area contributed by atoms with Gasteiger partial charge >= 0.3 is 0 Å². The Morgan fingerprint density at radius 1 is 0.559 bits per heavy atom. The van der Waals surface area contributed by atoms with Crippen LogP contribution in [0.15, 0.2) is 127 Å². The molecule has 0 saturated carbocycles. The maximum absolute atomic E-state index is 11.3. The first-order chi connectivity index (χ1) is 16.7. The standard InChI is InChI=1S/C31H25ClNO/c32-28-19-11-10-18-27(28)31(34)22-33-29(24-14-6-2-7-15-24)20-26(23-12-4-1-5-13-23)21-30(33)25-16-8-3-9-17-25/h1-21,31,34H,22H2/q+1. The maximum atomic E-state index is 11.3. The van der Waals surface area contributed by atoms with Crippen molar-refractivity contribution in [2.75, 3.05) is 0 Å². The zero-order valence-electron chi connectivity index (χ0n) is 18.7. The molecule has 166 valence electrons. The number of pyridine rings is 1. The van der Waals surface area contributed by atoms with Crippen LogP contribution >= 0.6 is 11.6 Å². The van der Waals surface area contributed by atoms with Gasteiger partial charge in [-0.1, -0.05) is 96.5 Å². The van der Waals surface area contributed by atoms with Crippen molar-refractivity contribution in [3.05, 3.63) is 138 Å². The number of hydrogen-bond acceptors (Lipinski definition) is 1. The summed E-state index contributed by atoms with van der Waals surface area (Å²) in [7, 11) is 0. The van der Waals surface area contributed by atoms with Crippen LogP contribution in [0.2, 0.25) is 5.02 Å². The smallest absolute Gasteiger partial charge is 0.213 e. The van der Waals surface area contributed by atoms with Crippen LogP contribution < -0.4 is 4.57 Å². The highest BCUT2D eigenvalue weighted by Crippen LogP contribution is 2.31. The van der Waals surface area contributed by atoms with E-state index in [1.54, 1.807) is 0 Å². The van der Waals surface area contributed by atoms with Gasteiger partial charge in [-0.2, -0.15) is 4.57 Å². The lowest BCUT2D eigenvalue weighted by Crippen LogP contribution is -2.41. The second-order valence-corrected chi connectivity index (χ2v) is 8.67. The molecule has 0 aliphatic rings. The van der Waals surface area contributed by atoms with Gasteiger partial charge in [0, 0.05) is 33.8 Å². The summed E-state index contributed by atoms with van der Waals surface area (Å²) < 4.78 is 2.20. The van der Waals surface area contributed by atoms with Crippen LogP contribution in [-0.2, 0) is 6.54 Å². The first-order valence-corrected chi connectivity index (χ1v) is 11.7. The van der Waals surface area contributed by atoms with Crippen LogP contribution in [0.5, 0.6) is 0 Å². The number of nitrogens with zero attached hydrogens (tertiary/aromatic N) is 1. The van der Waals surface area contributed by atoms with Gasteiger partial charge in [0.15, 0.2) is 6.54 Å². The van der Waals surface area contributed by atoms with Gasteiger partial charge in [-0.05, 0) is 41.5 Å². The van der Waals surface area contributed by atoms with Gasteiger partial charge < -0.3 is 5.11 Å². The molecule has 0 fully saturated rings. The molecule has 2 nitrogen and oxygen atoms in total. The molecule has 3 heteroatoms. The predicted octanol–water partition coefficient (Wildman–Crippen LogP) is 7.36. The fourth-order valence-corrected chi connectivity index (χ4v) is 4.59. The number of aliphatic hydroxyl groups excluding tert-OH is 1. The molecular formula is C31H25ClNO+. The summed E-state index contributed by atoms with van der Waals surface area (Å²) in [6, 6.07) is 42.9. The Balaban J connectivity index is 1.74. The lowest BCUT2D eigenvalue weighted by Gasteiger charge is -2.16. The van der Waals surface area contributed by atoms with Crippen molar-refractivity contribution >= 4 is 11.6 Å². The summed E-state index contributed by atoms with van der Waals surface area (Å²) in [6.07, 6.45) is -0.758. The van der Waals surface area contributed by atoms with E-state index >= 15 is 0 Å².